The summed E-state index contributed by atoms with van der Waals surface area (Å²) in [5.41, 5.74) is 1.66. The van der Waals surface area contributed by atoms with Crippen LogP contribution in [0.5, 0.6) is 0 Å². The average molecular weight is 425 g/mol. The minimum atomic E-state index is -3.84. The fourth-order valence-corrected chi connectivity index (χ4v) is 3.02. The quantitative estimate of drug-likeness (QED) is 0.523. The number of benzene rings is 2. The molecule has 0 radical (unpaired) electrons. The number of primary sulfonamides is 1. The van der Waals surface area contributed by atoms with E-state index in [9.17, 15) is 18.0 Å². The summed E-state index contributed by atoms with van der Waals surface area (Å²) in [5, 5.41) is 10.3. The van der Waals surface area contributed by atoms with Crippen LogP contribution in [0.15, 0.2) is 81.9 Å². The molecule has 0 bridgehead atoms. The largest absolute Gasteiger partial charge is 0.465 e. The lowest BCUT2D eigenvalue weighted by atomic mass is 10.1. The maximum Gasteiger partial charge on any atom is 0.272 e. The lowest BCUT2D eigenvalue weighted by molar-refractivity contribution is -0.113. The van der Waals surface area contributed by atoms with E-state index >= 15 is 0 Å². The number of hydrogen-bond donors (Lipinski definition) is 3. The van der Waals surface area contributed by atoms with Gasteiger partial charge in [0, 0.05) is 17.3 Å². The Morgan fingerprint density at radius 1 is 1.00 bits per heavy atom. The van der Waals surface area contributed by atoms with Gasteiger partial charge in [0.2, 0.25) is 10.0 Å². The first-order valence-corrected chi connectivity index (χ1v) is 10.3. The van der Waals surface area contributed by atoms with Crippen molar-refractivity contribution in [1.29, 1.82) is 0 Å². The van der Waals surface area contributed by atoms with Gasteiger partial charge in [-0.3, -0.25) is 9.59 Å². The predicted molar refractivity (Wildman–Crippen MR) is 112 cm³/mol. The van der Waals surface area contributed by atoms with E-state index in [1.54, 1.807) is 36.4 Å². The monoisotopic (exact) mass is 425 g/mol. The van der Waals surface area contributed by atoms with Crippen molar-refractivity contribution in [3.63, 3.8) is 0 Å². The molecule has 0 aliphatic carbocycles. The van der Waals surface area contributed by atoms with Gasteiger partial charge in [-0.2, -0.15) is 0 Å². The van der Waals surface area contributed by atoms with Gasteiger partial charge in [0.25, 0.3) is 11.8 Å². The van der Waals surface area contributed by atoms with Crippen molar-refractivity contribution in [2.45, 2.75) is 11.8 Å². The lowest BCUT2D eigenvalue weighted by Crippen LogP contribution is -2.30. The first-order valence-electron chi connectivity index (χ1n) is 8.80. The number of aryl methyl sites for hydroxylation is 1. The second-order valence-corrected chi connectivity index (χ2v) is 7.98. The van der Waals surface area contributed by atoms with Gasteiger partial charge >= 0.3 is 0 Å². The molecule has 0 aliphatic heterocycles. The Labute approximate surface area is 173 Å². The summed E-state index contributed by atoms with van der Waals surface area (Å²) in [7, 11) is -3.84. The molecule has 1 heterocycles. The highest BCUT2D eigenvalue weighted by atomic mass is 32.2. The van der Waals surface area contributed by atoms with Crippen LogP contribution in [0.3, 0.4) is 0 Å². The lowest BCUT2D eigenvalue weighted by Gasteiger charge is -2.11. The average Bonchev–Trinajstić information content (AvgIpc) is 3.21. The Kier molecular flexibility index (Phi) is 6.14. The summed E-state index contributed by atoms with van der Waals surface area (Å²) in [5.74, 6) is -0.711. The topological polar surface area (TPSA) is 132 Å². The van der Waals surface area contributed by atoms with Gasteiger partial charge in [-0.25, -0.2) is 13.6 Å². The van der Waals surface area contributed by atoms with E-state index in [1.165, 1.54) is 36.6 Å². The third-order valence-electron chi connectivity index (χ3n) is 4.08. The minimum absolute atomic E-state index is 0.0500. The highest BCUT2D eigenvalue weighted by Gasteiger charge is 2.16. The van der Waals surface area contributed by atoms with Crippen LogP contribution in [0.4, 0.5) is 5.69 Å². The number of carbonyl (C=O) groups excluding carboxylic acids is 2. The number of furan rings is 1. The molecule has 3 aromatic rings. The molecule has 1 aromatic heterocycles. The van der Waals surface area contributed by atoms with Gasteiger partial charge in [-0.1, -0.05) is 17.7 Å². The molecule has 154 valence electrons. The highest BCUT2D eigenvalue weighted by molar-refractivity contribution is 7.89. The number of rotatable bonds is 6. The number of amides is 2. The molecule has 30 heavy (non-hydrogen) atoms. The molecule has 3 rings (SSSR count). The number of nitrogens with one attached hydrogen (secondary N) is 2. The number of anilines is 1. The van der Waals surface area contributed by atoms with Gasteiger partial charge in [-0.15, -0.1) is 0 Å². The SMILES string of the molecule is Cc1ccc(C(=O)N/C(=C/c2ccco2)C(=O)Nc2ccc(S(N)(=O)=O)cc2)cc1. The van der Waals surface area contributed by atoms with Crippen LogP contribution in [-0.2, 0) is 14.8 Å². The molecule has 2 aromatic carbocycles. The molecule has 0 fully saturated rings. The summed E-state index contributed by atoms with van der Waals surface area (Å²) in [6.45, 7) is 1.90. The molecule has 0 saturated heterocycles. The zero-order valence-corrected chi connectivity index (χ0v) is 16.8. The Bertz CT molecular complexity index is 1180. The summed E-state index contributed by atoms with van der Waals surface area (Å²) in [4.78, 5) is 25.2. The van der Waals surface area contributed by atoms with Gasteiger partial charge in [0.15, 0.2) is 0 Å². The van der Waals surface area contributed by atoms with Crippen molar-refractivity contribution in [1.82, 2.24) is 5.32 Å². The van der Waals surface area contributed by atoms with Gasteiger partial charge in [0.05, 0.1) is 11.2 Å². The van der Waals surface area contributed by atoms with Crippen LogP contribution in [-0.4, -0.2) is 20.2 Å². The highest BCUT2D eigenvalue weighted by Crippen LogP contribution is 2.15. The van der Waals surface area contributed by atoms with E-state index in [1.807, 2.05) is 6.92 Å². The van der Waals surface area contributed by atoms with Crippen molar-refractivity contribution in [2.24, 2.45) is 5.14 Å². The maximum absolute atomic E-state index is 12.8. The van der Waals surface area contributed by atoms with Crippen molar-refractivity contribution in [2.75, 3.05) is 5.32 Å². The zero-order chi connectivity index (χ0) is 21.7. The van der Waals surface area contributed by atoms with Crippen LogP contribution >= 0.6 is 0 Å². The predicted octanol–water partition coefficient (Wildman–Crippen LogP) is 2.65. The first kappa shape index (κ1) is 21.0. The van der Waals surface area contributed by atoms with Crippen molar-refractivity contribution in [3.05, 3.63) is 89.5 Å². The number of sulfonamides is 1. The molecule has 2 amide bonds. The number of nitrogens with two attached hydrogens (primary N) is 1. The van der Waals surface area contributed by atoms with E-state index < -0.39 is 21.8 Å². The second kappa shape index (κ2) is 8.76. The zero-order valence-electron chi connectivity index (χ0n) is 16.0. The molecule has 9 heteroatoms. The maximum atomic E-state index is 12.8. The summed E-state index contributed by atoms with van der Waals surface area (Å²) < 4.78 is 27.9. The second-order valence-electron chi connectivity index (χ2n) is 6.42. The molecular formula is C21H19N3O5S. The summed E-state index contributed by atoms with van der Waals surface area (Å²) in [6, 6.07) is 15.5. The van der Waals surface area contributed by atoms with Crippen molar-refractivity contribution >= 4 is 33.6 Å². The Morgan fingerprint density at radius 2 is 1.67 bits per heavy atom. The van der Waals surface area contributed by atoms with Crippen LogP contribution in [0.1, 0.15) is 21.7 Å². The van der Waals surface area contributed by atoms with E-state index in [0.717, 1.165) is 5.56 Å². The standard InChI is InChI=1S/C21H19N3O5S/c1-14-4-6-15(7-5-14)20(25)24-19(13-17-3-2-12-29-17)21(26)23-16-8-10-18(11-9-16)30(22,27)28/h2-13H,1H3,(H,23,26)(H,24,25)(H2,22,27,28)/b19-13+. The van der Waals surface area contributed by atoms with Crippen LogP contribution < -0.4 is 15.8 Å². The smallest absolute Gasteiger partial charge is 0.272 e. The first-order chi connectivity index (χ1) is 14.2. The number of carbonyl (C=O) groups is 2. The Balaban J connectivity index is 1.82. The molecular weight excluding hydrogens is 406 g/mol. The van der Waals surface area contributed by atoms with Crippen LogP contribution in [0.25, 0.3) is 6.08 Å². The van der Waals surface area contributed by atoms with E-state index in [2.05, 4.69) is 10.6 Å². The van der Waals surface area contributed by atoms with Crippen molar-refractivity contribution < 1.29 is 22.4 Å². The molecule has 8 nitrogen and oxygen atoms in total. The summed E-state index contributed by atoms with van der Waals surface area (Å²) >= 11 is 0. The van der Waals surface area contributed by atoms with Gasteiger partial charge in [-0.05, 0) is 55.5 Å². The molecule has 4 N–H and O–H groups in total. The molecule has 0 spiro atoms. The number of hydrogen-bond acceptors (Lipinski definition) is 5. The van der Waals surface area contributed by atoms with E-state index in [-0.39, 0.29) is 10.6 Å². The van der Waals surface area contributed by atoms with Gasteiger partial charge < -0.3 is 15.1 Å². The minimum Gasteiger partial charge on any atom is -0.465 e. The fourth-order valence-electron chi connectivity index (χ4n) is 2.50. The Morgan fingerprint density at radius 3 is 2.23 bits per heavy atom. The molecule has 0 saturated carbocycles. The Hall–Kier alpha value is -3.69. The summed E-state index contributed by atoms with van der Waals surface area (Å²) in [6.07, 6.45) is 2.83. The molecule has 0 aliphatic rings. The normalized spacial score (nSPS) is 11.7. The van der Waals surface area contributed by atoms with Crippen molar-refractivity contribution in [3.8, 4) is 0 Å². The van der Waals surface area contributed by atoms with E-state index in [4.69, 9.17) is 9.56 Å². The van der Waals surface area contributed by atoms with E-state index in [0.29, 0.717) is 17.0 Å². The fraction of sp³-hybridized carbons (Fsp3) is 0.0476. The third-order valence-corrected chi connectivity index (χ3v) is 5.01. The van der Waals surface area contributed by atoms with Gasteiger partial charge in [0.1, 0.15) is 11.5 Å². The third kappa shape index (κ3) is 5.43. The molecule has 0 unspecified atom stereocenters. The van der Waals surface area contributed by atoms with Crippen LogP contribution in [0.2, 0.25) is 0 Å². The molecule has 0 atom stereocenters. The van der Waals surface area contributed by atoms with Crippen LogP contribution in [0, 0.1) is 6.92 Å².